The molecule has 0 saturated heterocycles. The molecule has 1 N–H and O–H groups in total. The van der Waals surface area contributed by atoms with Crippen LogP contribution >= 0.6 is 11.6 Å². The van der Waals surface area contributed by atoms with Crippen LogP contribution in [0, 0.1) is 0 Å². The van der Waals surface area contributed by atoms with Crippen LogP contribution in [-0.2, 0) is 25.7 Å². The molecule has 0 fully saturated rings. The SMILES string of the molecule is COC(=O)C1=C(C(=O)OC)N(c2ccc(-c3ccc(CO)o3)c(Cl)c2)C=CC=C1. The lowest BCUT2D eigenvalue weighted by Crippen LogP contribution is -2.26. The maximum absolute atomic E-state index is 12.5. The predicted molar refractivity (Wildman–Crippen MR) is 107 cm³/mol. The highest BCUT2D eigenvalue weighted by Gasteiger charge is 2.27. The first-order valence-electron chi connectivity index (χ1n) is 8.54. The number of rotatable bonds is 5. The highest BCUT2D eigenvalue weighted by atomic mass is 35.5. The Hall–Kier alpha value is -3.29. The molecule has 8 heteroatoms. The summed E-state index contributed by atoms with van der Waals surface area (Å²) < 4.78 is 15.2. The van der Waals surface area contributed by atoms with Gasteiger partial charge in [-0.2, -0.15) is 0 Å². The number of methoxy groups -OCH3 is 2. The molecule has 2 heterocycles. The maximum atomic E-state index is 12.5. The summed E-state index contributed by atoms with van der Waals surface area (Å²) in [6, 6.07) is 8.43. The van der Waals surface area contributed by atoms with Gasteiger partial charge in [-0.3, -0.25) is 0 Å². The number of hydrogen-bond donors (Lipinski definition) is 1. The molecular formula is C21H18ClNO6. The van der Waals surface area contributed by atoms with Crippen molar-refractivity contribution in [3.05, 3.63) is 76.8 Å². The van der Waals surface area contributed by atoms with Crippen molar-refractivity contribution in [3.8, 4) is 11.3 Å². The summed E-state index contributed by atoms with van der Waals surface area (Å²) in [6.45, 7) is -0.217. The van der Waals surface area contributed by atoms with E-state index >= 15 is 0 Å². The molecule has 1 aliphatic heterocycles. The Morgan fingerprint density at radius 2 is 1.86 bits per heavy atom. The van der Waals surface area contributed by atoms with Gasteiger partial charge in [0.25, 0.3) is 0 Å². The summed E-state index contributed by atoms with van der Waals surface area (Å²) in [5, 5.41) is 9.53. The molecule has 3 rings (SSSR count). The number of anilines is 1. The second kappa shape index (κ2) is 8.81. The summed E-state index contributed by atoms with van der Waals surface area (Å²) >= 11 is 6.45. The van der Waals surface area contributed by atoms with Gasteiger partial charge < -0.3 is 23.9 Å². The van der Waals surface area contributed by atoms with Crippen molar-refractivity contribution in [1.29, 1.82) is 0 Å². The molecule has 0 radical (unpaired) electrons. The molecule has 150 valence electrons. The van der Waals surface area contributed by atoms with E-state index in [2.05, 4.69) is 0 Å². The van der Waals surface area contributed by atoms with E-state index in [0.717, 1.165) is 0 Å². The van der Waals surface area contributed by atoms with Crippen LogP contribution < -0.4 is 4.90 Å². The Bertz CT molecular complexity index is 1030. The van der Waals surface area contributed by atoms with Crippen molar-refractivity contribution in [1.82, 2.24) is 0 Å². The quantitative estimate of drug-likeness (QED) is 0.746. The Morgan fingerprint density at radius 1 is 1.10 bits per heavy atom. The van der Waals surface area contributed by atoms with Crippen molar-refractivity contribution >= 4 is 29.2 Å². The van der Waals surface area contributed by atoms with Gasteiger partial charge in [-0.25, -0.2) is 9.59 Å². The fourth-order valence-corrected chi connectivity index (χ4v) is 3.09. The van der Waals surface area contributed by atoms with Gasteiger partial charge in [-0.05, 0) is 42.5 Å². The number of furan rings is 1. The molecule has 0 atom stereocenters. The zero-order chi connectivity index (χ0) is 21.0. The van der Waals surface area contributed by atoms with E-state index in [-0.39, 0.29) is 17.9 Å². The molecular weight excluding hydrogens is 398 g/mol. The molecule has 1 aromatic carbocycles. The van der Waals surface area contributed by atoms with Crippen LogP contribution in [0.4, 0.5) is 5.69 Å². The van der Waals surface area contributed by atoms with Crippen LogP contribution in [0.1, 0.15) is 5.76 Å². The third-order valence-electron chi connectivity index (χ3n) is 4.20. The van der Waals surface area contributed by atoms with E-state index in [1.54, 1.807) is 48.7 Å². The molecule has 1 aromatic heterocycles. The summed E-state index contributed by atoms with van der Waals surface area (Å²) in [5.41, 5.74) is 1.18. The first kappa shape index (κ1) is 20.4. The number of ether oxygens (including phenoxy) is 2. The number of hydrogen-bond acceptors (Lipinski definition) is 7. The minimum atomic E-state index is -0.708. The number of allylic oxidation sites excluding steroid dienone is 2. The Balaban J connectivity index is 2.08. The van der Waals surface area contributed by atoms with Crippen LogP contribution in [0.2, 0.25) is 5.02 Å². The average Bonchev–Trinajstić information content (AvgIpc) is 3.10. The molecule has 0 bridgehead atoms. The predicted octanol–water partition coefficient (Wildman–Crippen LogP) is 3.58. The molecule has 0 saturated carbocycles. The molecule has 0 amide bonds. The average molecular weight is 416 g/mol. The number of benzene rings is 1. The first-order chi connectivity index (χ1) is 14.0. The molecule has 0 unspecified atom stereocenters. The van der Waals surface area contributed by atoms with Gasteiger partial charge in [0.2, 0.25) is 0 Å². The largest absolute Gasteiger partial charge is 0.465 e. The lowest BCUT2D eigenvalue weighted by Gasteiger charge is -2.23. The van der Waals surface area contributed by atoms with Crippen LogP contribution in [0.3, 0.4) is 0 Å². The third kappa shape index (κ3) is 4.11. The topological polar surface area (TPSA) is 89.2 Å². The Kier molecular flexibility index (Phi) is 6.21. The number of halogens is 1. The lowest BCUT2D eigenvalue weighted by molar-refractivity contribution is -0.139. The number of carbonyl (C=O) groups excluding carboxylic acids is 2. The summed E-state index contributed by atoms with van der Waals surface area (Å²) in [4.78, 5) is 26.2. The van der Waals surface area contributed by atoms with Crippen LogP contribution in [-0.4, -0.2) is 31.3 Å². The van der Waals surface area contributed by atoms with E-state index in [1.165, 1.54) is 25.2 Å². The molecule has 1 aliphatic rings. The van der Waals surface area contributed by atoms with Gasteiger partial charge in [0, 0.05) is 17.5 Å². The lowest BCUT2D eigenvalue weighted by atomic mass is 10.1. The number of nitrogens with zero attached hydrogens (tertiary/aromatic N) is 1. The minimum absolute atomic E-state index is 0.00580. The van der Waals surface area contributed by atoms with Crippen molar-refractivity contribution in [2.45, 2.75) is 6.61 Å². The van der Waals surface area contributed by atoms with Crippen LogP contribution in [0.5, 0.6) is 0 Å². The van der Waals surface area contributed by atoms with Gasteiger partial charge in [-0.15, -0.1) is 0 Å². The second-order valence-corrected chi connectivity index (χ2v) is 6.31. The molecule has 29 heavy (non-hydrogen) atoms. The highest BCUT2D eigenvalue weighted by Crippen LogP contribution is 2.35. The van der Waals surface area contributed by atoms with E-state index in [4.69, 9.17) is 30.6 Å². The number of esters is 2. The zero-order valence-corrected chi connectivity index (χ0v) is 16.5. The summed E-state index contributed by atoms with van der Waals surface area (Å²) in [7, 11) is 2.46. The fraction of sp³-hybridized carbons (Fsp3) is 0.143. The first-order valence-corrected chi connectivity index (χ1v) is 8.92. The second-order valence-electron chi connectivity index (χ2n) is 5.90. The third-order valence-corrected chi connectivity index (χ3v) is 4.52. The van der Waals surface area contributed by atoms with Gasteiger partial charge in [-0.1, -0.05) is 17.7 Å². The van der Waals surface area contributed by atoms with E-state index in [1.807, 2.05) is 0 Å². The molecule has 2 aromatic rings. The normalized spacial score (nSPS) is 13.4. The van der Waals surface area contributed by atoms with Crippen molar-refractivity contribution in [2.24, 2.45) is 0 Å². The summed E-state index contributed by atoms with van der Waals surface area (Å²) in [6.07, 6.45) is 6.37. The molecule has 7 nitrogen and oxygen atoms in total. The molecule has 0 aliphatic carbocycles. The van der Waals surface area contributed by atoms with Gasteiger partial charge in [0.05, 0.1) is 24.8 Å². The zero-order valence-electron chi connectivity index (χ0n) is 15.7. The van der Waals surface area contributed by atoms with Crippen molar-refractivity contribution in [3.63, 3.8) is 0 Å². The van der Waals surface area contributed by atoms with E-state index in [0.29, 0.717) is 27.8 Å². The minimum Gasteiger partial charge on any atom is -0.465 e. The van der Waals surface area contributed by atoms with Crippen LogP contribution in [0.15, 0.2) is 70.4 Å². The van der Waals surface area contributed by atoms with Crippen LogP contribution in [0.25, 0.3) is 11.3 Å². The van der Waals surface area contributed by atoms with E-state index < -0.39 is 11.9 Å². The standard InChI is InChI=1S/C21H18ClNO6/c1-27-20(25)16-5-3-4-10-23(19(16)21(26)28-2)13-6-8-15(17(22)11-13)18-9-7-14(12-24)29-18/h3-11,24H,12H2,1-2H3. The summed E-state index contributed by atoms with van der Waals surface area (Å²) in [5.74, 6) is -0.469. The number of aliphatic hydroxyl groups excluding tert-OH is 1. The fourth-order valence-electron chi connectivity index (χ4n) is 2.83. The Labute approximate surface area is 172 Å². The van der Waals surface area contributed by atoms with Gasteiger partial charge >= 0.3 is 11.9 Å². The van der Waals surface area contributed by atoms with Crippen molar-refractivity contribution in [2.75, 3.05) is 19.1 Å². The molecule has 0 spiro atoms. The van der Waals surface area contributed by atoms with Gasteiger partial charge in [0.1, 0.15) is 23.8 Å². The van der Waals surface area contributed by atoms with Crippen molar-refractivity contribution < 1.29 is 28.6 Å². The van der Waals surface area contributed by atoms with E-state index in [9.17, 15) is 9.59 Å². The highest BCUT2D eigenvalue weighted by molar-refractivity contribution is 6.33. The number of carbonyl (C=O) groups is 2. The smallest absolute Gasteiger partial charge is 0.355 e. The number of aliphatic hydroxyl groups is 1. The Morgan fingerprint density at radius 3 is 2.48 bits per heavy atom. The van der Waals surface area contributed by atoms with Gasteiger partial charge in [0.15, 0.2) is 0 Å². The maximum Gasteiger partial charge on any atom is 0.355 e. The monoisotopic (exact) mass is 415 g/mol.